The van der Waals surface area contributed by atoms with Gasteiger partial charge in [0.2, 0.25) is 9.70 Å². The molecule has 0 saturated carbocycles. The number of unbranched alkanes of at least 4 members (excludes halogenated alkanes) is 2. The number of benzene rings is 1. The Labute approximate surface area is 176 Å². The number of rotatable bonds is 7. The van der Waals surface area contributed by atoms with Gasteiger partial charge >= 0.3 is 0 Å². The minimum absolute atomic E-state index is 0.190. The summed E-state index contributed by atoms with van der Waals surface area (Å²) in [7, 11) is 0. The molecule has 0 fully saturated rings. The molecule has 0 aromatic heterocycles. The van der Waals surface area contributed by atoms with Gasteiger partial charge in [-0.3, -0.25) is 4.79 Å². The zero-order valence-corrected chi connectivity index (χ0v) is 18.3. The molecule has 0 aliphatic rings. The van der Waals surface area contributed by atoms with Crippen LogP contribution >= 0.6 is 69.6 Å². The second-order valence-corrected chi connectivity index (χ2v) is 9.13. The van der Waals surface area contributed by atoms with Crippen LogP contribution in [0.15, 0.2) is 24.3 Å². The van der Waals surface area contributed by atoms with Gasteiger partial charge in [-0.25, -0.2) is 0 Å². The number of carbonyl (C=O) groups excluding carboxylic acids is 1. The predicted octanol–water partition coefficient (Wildman–Crippen LogP) is 4.97. The molecule has 0 spiro atoms. The van der Waals surface area contributed by atoms with Gasteiger partial charge in [0.15, 0.2) is 5.11 Å². The van der Waals surface area contributed by atoms with Crippen LogP contribution in [0.1, 0.15) is 32.6 Å². The fourth-order valence-electron chi connectivity index (χ4n) is 1.80. The average molecular weight is 523 g/mol. The van der Waals surface area contributed by atoms with E-state index in [0.717, 1.165) is 28.5 Å². The molecular weight excluding hydrogens is 504 g/mol. The Hall–Kier alpha value is -0.0200. The summed E-state index contributed by atoms with van der Waals surface area (Å²) in [5, 5.41) is 8.74. The van der Waals surface area contributed by atoms with Crippen LogP contribution in [0.2, 0.25) is 0 Å². The molecule has 9 heteroatoms. The summed E-state index contributed by atoms with van der Waals surface area (Å²) >= 11 is 25.2. The highest BCUT2D eigenvalue weighted by Gasteiger charge is 2.34. The SMILES string of the molecule is CCCCCC(=O)N[C@H](NC(=S)Nc1ccc(I)cc1)C(Cl)(Cl)Cl. The van der Waals surface area contributed by atoms with E-state index >= 15 is 0 Å². The first-order chi connectivity index (χ1) is 11.2. The molecule has 1 rings (SSSR count). The van der Waals surface area contributed by atoms with Crippen molar-refractivity contribution >= 4 is 86.3 Å². The summed E-state index contributed by atoms with van der Waals surface area (Å²) in [4.78, 5) is 12.0. The molecule has 134 valence electrons. The number of nitrogens with one attached hydrogen (secondary N) is 3. The minimum atomic E-state index is -1.74. The molecule has 4 nitrogen and oxygen atoms in total. The maximum Gasteiger partial charge on any atom is 0.228 e. The van der Waals surface area contributed by atoms with Crippen LogP contribution in [0.25, 0.3) is 0 Å². The third-order valence-electron chi connectivity index (χ3n) is 3.02. The van der Waals surface area contributed by atoms with Crippen molar-refractivity contribution in [2.75, 3.05) is 5.32 Å². The molecule has 0 radical (unpaired) electrons. The van der Waals surface area contributed by atoms with Crippen LogP contribution in [-0.4, -0.2) is 21.0 Å². The van der Waals surface area contributed by atoms with Crippen molar-refractivity contribution in [1.82, 2.24) is 10.6 Å². The largest absolute Gasteiger partial charge is 0.339 e. The van der Waals surface area contributed by atoms with Gasteiger partial charge in [-0.2, -0.15) is 0 Å². The number of carbonyl (C=O) groups is 1. The van der Waals surface area contributed by atoms with Gasteiger partial charge in [-0.15, -0.1) is 0 Å². The van der Waals surface area contributed by atoms with E-state index in [2.05, 4.69) is 45.5 Å². The van der Waals surface area contributed by atoms with Crippen molar-refractivity contribution in [3.8, 4) is 0 Å². The number of thiocarbonyl (C=S) groups is 1. The van der Waals surface area contributed by atoms with Crippen LogP contribution in [0, 0.1) is 3.57 Å². The van der Waals surface area contributed by atoms with Crippen molar-refractivity contribution in [3.63, 3.8) is 0 Å². The van der Waals surface area contributed by atoms with Gasteiger partial charge in [-0.1, -0.05) is 54.6 Å². The molecule has 1 amide bonds. The number of hydrogen-bond donors (Lipinski definition) is 3. The zero-order chi connectivity index (χ0) is 18.2. The smallest absolute Gasteiger partial charge is 0.228 e. The third-order valence-corrected chi connectivity index (χ3v) is 4.61. The van der Waals surface area contributed by atoms with Gasteiger partial charge < -0.3 is 16.0 Å². The molecular formula is C15H19Cl3IN3OS. The van der Waals surface area contributed by atoms with Gasteiger partial charge in [0.1, 0.15) is 6.17 Å². The normalized spacial score (nSPS) is 12.4. The first-order valence-corrected chi connectivity index (χ1v) is 10.0. The van der Waals surface area contributed by atoms with Crippen molar-refractivity contribution in [2.45, 2.75) is 42.6 Å². The van der Waals surface area contributed by atoms with Crippen LogP contribution in [0.4, 0.5) is 5.69 Å². The highest BCUT2D eigenvalue weighted by molar-refractivity contribution is 14.1. The fraction of sp³-hybridized carbons (Fsp3) is 0.467. The molecule has 1 atom stereocenters. The van der Waals surface area contributed by atoms with E-state index in [4.69, 9.17) is 47.0 Å². The van der Waals surface area contributed by atoms with E-state index in [1.807, 2.05) is 24.3 Å². The quantitative estimate of drug-likeness (QED) is 0.156. The molecule has 0 unspecified atom stereocenters. The third kappa shape index (κ3) is 8.89. The van der Waals surface area contributed by atoms with Crippen molar-refractivity contribution < 1.29 is 4.79 Å². The zero-order valence-electron chi connectivity index (χ0n) is 13.0. The number of halogens is 4. The lowest BCUT2D eigenvalue weighted by Crippen LogP contribution is -2.56. The van der Waals surface area contributed by atoms with Crippen molar-refractivity contribution in [3.05, 3.63) is 27.8 Å². The summed E-state index contributed by atoms with van der Waals surface area (Å²) in [5.74, 6) is -0.190. The number of amides is 1. The molecule has 0 bridgehead atoms. The molecule has 0 saturated heterocycles. The second kappa shape index (κ2) is 10.9. The second-order valence-electron chi connectivity index (χ2n) is 5.10. The first-order valence-electron chi connectivity index (χ1n) is 7.41. The molecule has 0 aliphatic heterocycles. The van der Waals surface area contributed by atoms with Crippen LogP contribution < -0.4 is 16.0 Å². The average Bonchev–Trinajstić information content (AvgIpc) is 2.48. The van der Waals surface area contributed by atoms with Gasteiger partial charge in [-0.05, 0) is 65.5 Å². The van der Waals surface area contributed by atoms with E-state index < -0.39 is 9.96 Å². The van der Waals surface area contributed by atoms with Crippen molar-refractivity contribution in [1.29, 1.82) is 0 Å². The lowest BCUT2D eigenvalue weighted by Gasteiger charge is -2.27. The summed E-state index contributed by atoms with van der Waals surface area (Å²) in [6.45, 7) is 2.07. The van der Waals surface area contributed by atoms with Gasteiger partial charge in [0.05, 0.1) is 0 Å². The number of alkyl halides is 3. The molecule has 1 aromatic rings. The van der Waals surface area contributed by atoms with Gasteiger partial charge in [0, 0.05) is 15.7 Å². The highest BCUT2D eigenvalue weighted by Crippen LogP contribution is 2.29. The Balaban J connectivity index is 2.60. The maximum absolute atomic E-state index is 12.0. The van der Waals surface area contributed by atoms with E-state index in [1.54, 1.807) is 0 Å². The van der Waals surface area contributed by atoms with Crippen molar-refractivity contribution in [2.24, 2.45) is 0 Å². The van der Waals surface area contributed by atoms with E-state index in [9.17, 15) is 4.79 Å². The molecule has 24 heavy (non-hydrogen) atoms. The Kier molecular flexibility index (Phi) is 9.96. The number of anilines is 1. The van der Waals surface area contributed by atoms with Crippen LogP contribution in [-0.2, 0) is 4.79 Å². The molecule has 0 heterocycles. The van der Waals surface area contributed by atoms with Crippen LogP contribution in [0.3, 0.4) is 0 Å². The Bertz CT molecular complexity index is 552. The van der Waals surface area contributed by atoms with E-state index in [1.165, 1.54) is 0 Å². The molecule has 3 N–H and O–H groups in total. The molecule has 0 aliphatic carbocycles. The predicted molar refractivity (Wildman–Crippen MR) is 115 cm³/mol. The summed E-state index contributed by atoms with van der Waals surface area (Å²) < 4.78 is -0.631. The van der Waals surface area contributed by atoms with Gasteiger partial charge in [0.25, 0.3) is 0 Å². The van der Waals surface area contributed by atoms with E-state index in [0.29, 0.717) is 6.42 Å². The lowest BCUT2D eigenvalue weighted by atomic mass is 10.2. The number of hydrogen-bond acceptors (Lipinski definition) is 2. The first kappa shape index (κ1) is 22.0. The fourth-order valence-corrected chi connectivity index (χ4v) is 2.72. The van der Waals surface area contributed by atoms with E-state index in [-0.39, 0.29) is 11.0 Å². The highest BCUT2D eigenvalue weighted by atomic mass is 127. The molecule has 1 aromatic carbocycles. The summed E-state index contributed by atoms with van der Waals surface area (Å²) in [6.07, 6.45) is 2.25. The minimum Gasteiger partial charge on any atom is -0.339 e. The standard InChI is InChI=1S/C15H19Cl3IN3OS/c1-2-3-4-5-12(23)21-13(15(16,17)18)22-14(24)20-11-8-6-10(19)7-9-11/h6-9,13H,2-5H2,1H3,(H,21,23)(H2,20,22,24)/t13-/m1/s1. The Morgan fingerprint density at radius 1 is 1.21 bits per heavy atom. The summed E-state index contributed by atoms with van der Waals surface area (Å²) in [5.41, 5.74) is 0.797. The lowest BCUT2D eigenvalue weighted by molar-refractivity contribution is -0.122. The topological polar surface area (TPSA) is 53.2 Å². The maximum atomic E-state index is 12.0. The summed E-state index contributed by atoms with van der Waals surface area (Å²) in [6, 6.07) is 7.63. The monoisotopic (exact) mass is 521 g/mol. The Morgan fingerprint density at radius 2 is 1.83 bits per heavy atom. The van der Waals surface area contributed by atoms with Crippen LogP contribution in [0.5, 0.6) is 0 Å². The Morgan fingerprint density at radius 3 is 2.38 bits per heavy atom.